The molecule has 2 aromatic rings. The maximum Gasteiger partial charge on any atom is 0.335 e. The summed E-state index contributed by atoms with van der Waals surface area (Å²) >= 11 is 0. The minimum absolute atomic E-state index is 0.0663. The molecule has 0 aliphatic rings. The number of benzene rings is 1. The van der Waals surface area contributed by atoms with Gasteiger partial charge in [-0.05, 0) is 24.1 Å². The molecule has 0 aliphatic heterocycles. The number of rotatable bonds is 5. The number of methoxy groups -OCH3 is 1. The van der Waals surface area contributed by atoms with E-state index in [1.54, 1.807) is 6.07 Å². The van der Waals surface area contributed by atoms with Crippen LogP contribution < -0.4 is 10.1 Å². The van der Waals surface area contributed by atoms with Gasteiger partial charge in [0.15, 0.2) is 0 Å². The third-order valence-corrected chi connectivity index (χ3v) is 3.04. The fourth-order valence-electron chi connectivity index (χ4n) is 1.78. The van der Waals surface area contributed by atoms with Gasteiger partial charge in [0.1, 0.15) is 5.75 Å². The van der Waals surface area contributed by atoms with Gasteiger partial charge >= 0.3 is 5.97 Å². The summed E-state index contributed by atoms with van der Waals surface area (Å²) in [6.07, 6.45) is 0. The standard InChI is InChI=1S/C15H16N2O5/c1-8(2)11-7-13(22-17-11)14(18)16-10-5-4-9(15(19)20)6-12(10)21-3/h4-8H,1-3H3,(H,16,18)(H,19,20). The molecule has 0 saturated carbocycles. The molecule has 0 unspecified atom stereocenters. The van der Waals surface area contributed by atoms with E-state index in [0.29, 0.717) is 11.4 Å². The number of anilines is 1. The number of carboxylic acid groups (broad SMARTS) is 1. The highest BCUT2D eigenvalue weighted by Crippen LogP contribution is 2.26. The van der Waals surface area contributed by atoms with Crippen LogP contribution in [0.15, 0.2) is 28.8 Å². The maximum absolute atomic E-state index is 12.1. The number of carboxylic acids is 1. The normalized spacial score (nSPS) is 10.5. The van der Waals surface area contributed by atoms with Gasteiger partial charge in [-0.3, -0.25) is 4.79 Å². The lowest BCUT2D eigenvalue weighted by molar-refractivity contribution is 0.0696. The summed E-state index contributed by atoms with van der Waals surface area (Å²) in [6, 6.07) is 5.73. The van der Waals surface area contributed by atoms with E-state index in [-0.39, 0.29) is 23.0 Å². The molecule has 7 heteroatoms. The van der Waals surface area contributed by atoms with Crippen LogP contribution in [0.3, 0.4) is 0 Å². The summed E-state index contributed by atoms with van der Waals surface area (Å²) in [7, 11) is 1.39. The number of hydrogen-bond acceptors (Lipinski definition) is 5. The number of ether oxygens (including phenoxy) is 1. The molecule has 1 amide bonds. The third-order valence-electron chi connectivity index (χ3n) is 3.04. The zero-order valence-electron chi connectivity index (χ0n) is 12.4. The van der Waals surface area contributed by atoms with Gasteiger partial charge < -0.3 is 19.7 Å². The Kier molecular flexibility index (Phi) is 4.45. The first kappa shape index (κ1) is 15.6. The first-order valence-corrected chi connectivity index (χ1v) is 6.61. The van der Waals surface area contributed by atoms with E-state index in [0.717, 1.165) is 0 Å². The van der Waals surface area contributed by atoms with Crippen LogP contribution >= 0.6 is 0 Å². The molecule has 1 aromatic carbocycles. The zero-order chi connectivity index (χ0) is 16.3. The van der Waals surface area contributed by atoms with Crippen molar-refractivity contribution in [2.45, 2.75) is 19.8 Å². The highest BCUT2D eigenvalue weighted by atomic mass is 16.5. The average molecular weight is 304 g/mol. The number of amides is 1. The van der Waals surface area contributed by atoms with Crippen LogP contribution in [-0.4, -0.2) is 29.2 Å². The van der Waals surface area contributed by atoms with Crippen molar-refractivity contribution in [3.8, 4) is 5.75 Å². The lowest BCUT2D eigenvalue weighted by Gasteiger charge is -2.09. The van der Waals surface area contributed by atoms with Crippen molar-refractivity contribution in [1.29, 1.82) is 0 Å². The Balaban J connectivity index is 2.22. The van der Waals surface area contributed by atoms with Gasteiger partial charge in [-0.25, -0.2) is 4.79 Å². The molecule has 22 heavy (non-hydrogen) atoms. The third kappa shape index (κ3) is 3.25. The molecule has 0 aliphatic carbocycles. The molecule has 7 nitrogen and oxygen atoms in total. The second kappa shape index (κ2) is 6.30. The van der Waals surface area contributed by atoms with Crippen LogP contribution in [0.25, 0.3) is 0 Å². The quantitative estimate of drug-likeness (QED) is 0.880. The Morgan fingerprint density at radius 1 is 1.32 bits per heavy atom. The van der Waals surface area contributed by atoms with Gasteiger partial charge in [-0.15, -0.1) is 0 Å². The molecule has 2 rings (SSSR count). The van der Waals surface area contributed by atoms with E-state index in [1.165, 1.54) is 25.3 Å². The summed E-state index contributed by atoms with van der Waals surface area (Å²) in [5.41, 5.74) is 1.09. The predicted molar refractivity (Wildman–Crippen MR) is 78.5 cm³/mol. The number of carbonyl (C=O) groups is 2. The Morgan fingerprint density at radius 3 is 2.59 bits per heavy atom. The summed E-state index contributed by atoms with van der Waals surface area (Å²) in [6.45, 7) is 3.88. The van der Waals surface area contributed by atoms with Crippen molar-refractivity contribution in [3.05, 3.63) is 41.3 Å². The Bertz CT molecular complexity index is 706. The van der Waals surface area contributed by atoms with Crippen LogP contribution in [0.1, 0.15) is 46.4 Å². The zero-order valence-corrected chi connectivity index (χ0v) is 12.4. The number of nitrogens with one attached hydrogen (secondary N) is 1. The monoisotopic (exact) mass is 304 g/mol. The maximum atomic E-state index is 12.1. The molecule has 1 heterocycles. The van der Waals surface area contributed by atoms with Crippen molar-refractivity contribution >= 4 is 17.6 Å². The fraction of sp³-hybridized carbons (Fsp3) is 0.267. The second-order valence-corrected chi connectivity index (χ2v) is 4.95. The molecule has 0 bridgehead atoms. The van der Waals surface area contributed by atoms with Crippen LogP contribution in [0.4, 0.5) is 5.69 Å². The Morgan fingerprint density at radius 2 is 2.05 bits per heavy atom. The number of nitrogens with zero attached hydrogens (tertiary/aromatic N) is 1. The van der Waals surface area contributed by atoms with Gasteiger partial charge in [0.05, 0.1) is 24.1 Å². The summed E-state index contributed by atoms with van der Waals surface area (Å²) in [4.78, 5) is 23.0. The van der Waals surface area contributed by atoms with Gasteiger partial charge in [0.25, 0.3) is 5.91 Å². The molecule has 116 valence electrons. The van der Waals surface area contributed by atoms with E-state index in [9.17, 15) is 9.59 Å². The van der Waals surface area contributed by atoms with Gasteiger partial charge in [-0.1, -0.05) is 19.0 Å². The highest BCUT2D eigenvalue weighted by molar-refractivity contribution is 6.03. The van der Waals surface area contributed by atoms with Crippen molar-refractivity contribution in [2.75, 3.05) is 12.4 Å². The van der Waals surface area contributed by atoms with Crippen molar-refractivity contribution in [2.24, 2.45) is 0 Å². The molecule has 0 fully saturated rings. The Labute approximate surface area is 126 Å². The minimum Gasteiger partial charge on any atom is -0.495 e. The fourth-order valence-corrected chi connectivity index (χ4v) is 1.78. The predicted octanol–water partition coefficient (Wildman–Crippen LogP) is 2.76. The lowest BCUT2D eigenvalue weighted by Crippen LogP contribution is -2.12. The summed E-state index contributed by atoms with van der Waals surface area (Å²) in [5, 5.41) is 15.4. The smallest absolute Gasteiger partial charge is 0.335 e. The molecular weight excluding hydrogens is 288 g/mol. The van der Waals surface area contributed by atoms with Crippen LogP contribution in [0.5, 0.6) is 5.75 Å². The van der Waals surface area contributed by atoms with Gasteiger partial charge in [0.2, 0.25) is 5.76 Å². The van der Waals surface area contributed by atoms with Crippen LogP contribution in [-0.2, 0) is 0 Å². The molecule has 0 atom stereocenters. The van der Waals surface area contributed by atoms with E-state index in [1.807, 2.05) is 13.8 Å². The van der Waals surface area contributed by atoms with E-state index >= 15 is 0 Å². The Hall–Kier alpha value is -2.83. The molecule has 0 radical (unpaired) electrons. The molecule has 2 N–H and O–H groups in total. The van der Waals surface area contributed by atoms with Gasteiger partial charge in [0, 0.05) is 6.07 Å². The number of carbonyl (C=O) groups excluding carboxylic acids is 1. The topological polar surface area (TPSA) is 102 Å². The molecule has 0 spiro atoms. The van der Waals surface area contributed by atoms with E-state index in [2.05, 4.69) is 10.5 Å². The van der Waals surface area contributed by atoms with E-state index in [4.69, 9.17) is 14.4 Å². The number of hydrogen-bond donors (Lipinski definition) is 2. The average Bonchev–Trinajstić information content (AvgIpc) is 2.97. The lowest BCUT2D eigenvalue weighted by atomic mass is 10.1. The molecule has 0 saturated heterocycles. The number of aromatic nitrogens is 1. The molecule has 1 aromatic heterocycles. The minimum atomic E-state index is -1.08. The highest BCUT2D eigenvalue weighted by Gasteiger charge is 2.17. The van der Waals surface area contributed by atoms with Gasteiger partial charge in [-0.2, -0.15) is 0 Å². The van der Waals surface area contributed by atoms with Crippen molar-refractivity contribution in [3.63, 3.8) is 0 Å². The van der Waals surface area contributed by atoms with Crippen molar-refractivity contribution < 1.29 is 24.0 Å². The van der Waals surface area contributed by atoms with Crippen molar-refractivity contribution in [1.82, 2.24) is 5.16 Å². The second-order valence-electron chi connectivity index (χ2n) is 4.95. The molecular formula is C15H16N2O5. The van der Waals surface area contributed by atoms with Crippen LogP contribution in [0, 0.1) is 0 Å². The first-order chi connectivity index (χ1) is 10.4. The summed E-state index contributed by atoms with van der Waals surface area (Å²) < 4.78 is 10.1. The first-order valence-electron chi connectivity index (χ1n) is 6.61. The summed E-state index contributed by atoms with van der Waals surface area (Å²) in [5.74, 6) is -1.09. The van der Waals surface area contributed by atoms with Crippen LogP contribution in [0.2, 0.25) is 0 Å². The van der Waals surface area contributed by atoms with E-state index < -0.39 is 11.9 Å². The largest absolute Gasteiger partial charge is 0.495 e. The number of aromatic carboxylic acids is 1. The SMILES string of the molecule is COc1cc(C(=O)O)ccc1NC(=O)c1cc(C(C)C)no1.